The summed E-state index contributed by atoms with van der Waals surface area (Å²) in [6.07, 6.45) is 6.82. The van der Waals surface area contributed by atoms with E-state index in [2.05, 4.69) is 42.5 Å². The Balaban J connectivity index is 1.46. The fourth-order valence-electron chi connectivity index (χ4n) is 6.94. The van der Waals surface area contributed by atoms with Gasteiger partial charge < -0.3 is 19.5 Å². The Morgan fingerprint density at radius 1 is 1.15 bits per heavy atom. The molecule has 0 spiro atoms. The molecule has 4 atom stereocenters. The van der Waals surface area contributed by atoms with Gasteiger partial charge in [0.2, 0.25) is 0 Å². The molecule has 0 radical (unpaired) electrons. The molecule has 0 saturated carbocycles. The minimum atomic E-state index is -0.975. The lowest BCUT2D eigenvalue weighted by Gasteiger charge is -2.47. The van der Waals surface area contributed by atoms with Crippen molar-refractivity contribution in [2.24, 2.45) is 17.8 Å². The maximum absolute atomic E-state index is 13.8. The molecular formula is C32H36BIO6. The number of methoxy groups -OCH3 is 1. The van der Waals surface area contributed by atoms with E-state index in [1.165, 1.54) is 11.1 Å². The molecule has 2 aromatic carbocycles. The first kappa shape index (κ1) is 29.1. The van der Waals surface area contributed by atoms with Gasteiger partial charge in [0.1, 0.15) is 0 Å². The fraction of sp³-hybridized carbons (Fsp3) is 0.438. The molecule has 0 bridgehead atoms. The van der Waals surface area contributed by atoms with Crippen LogP contribution in [0, 0.1) is 21.3 Å². The number of allylic oxidation sites excluding steroid dienone is 2. The molecule has 210 valence electrons. The van der Waals surface area contributed by atoms with Gasteiger partial charge in [-0.2, -0.15) is 0 Å². The number of fused-ring (bicyclic) bond motifs is 4. The molecule has 40 heavy (non-hydrogen) atoms. The van der Waals surface area contributed by atoms with Crippen LogP contribution in [0.3, 0.4) is 0 Å². The molecule has 1 saturated heterocycles. The number of ether oxygens (including phenoxy) is 1. The molecule has 2 N–H and O–H groups in total. The van der Waals surface area contributed by atoms with Gasteiger partial charge in [0.15, 0.2) is 23.1 Å². The van der Waals surface area contributed by atoms with Crippen LogP contribution in [0.15, 0.2) is 53.1 Å². The predicted octanol–water partition coefficient (Wildman–Crippen LogP) is 6.89. The van der Waals surface area contributed by atoms with Crippen LogP contribution < -0.4 is 4.74 Å². The summed E-state index contributed by atoms with van der Waals surface area (Å²) in [7, 11) is 0.568. The number of halogens is 1. The molecule has 2 aromatic rings. The molecule has 3 aliphatic rings. The smallest absolute Gasteiger partial charge is 0.455 e. The summed E-state index contributed by atoms with van der Waals surface area (Å²) < 4.78 is 12.2. The fourth-order valence-corrected chi connectivity index (χ4v) is 7.57. The Bertz CT molecular complexity index is 1380. The number of hydrogen-bond donors (Lipinski definition) is 2. The zero-order valence-electron chi connectivity index (χ0n) is 23.3. The zero-order chi connectivity index (χ0) is 28.6. The van der Waals surface area contributed by atoms with Crippen molar-refractivity contribution in [1.29, 1.82) is 0 Å². The van der Waals surface area contributed by atoms with Crippen LogP contribution in [0.2, 0.25) is 6.32 Å². The second kappa shape index (κ2) is 12.2. The Hall–Kier alpha value is -2.43. The third-order valence-corrected chi connectivity index (χ3v) is 9.56. The number of Topliss-reactive ketones (excluding diaryl/α,β-unsaturated/α-hetero) is 2. The van der Waals surface area contributed by atoms with Crippen LogP contribution in [0.4, 0.5) is 0 Å². The standard InChI is InChI=1S/C32H36BIO6/c1-4-8-20-16-23-29(31(36)22-10-7-6-9-21(22)30(23)35)24-17-33(38)40-26(28(20)24)12-11-18(5-2)13-19-14-25(34)32(37)27(15-19)39-3/h6-7,9-10,13-15,23-24,26,29,37-38H,4-5,8,11-12,16-17H2,1-3H3/b18-13+/t23-,24+,26-,29-/m1/s1. The van der Waals surface area contributed by atoms with Gasteiger partial charge in [-0.1, -0.05) is 61.8 Å². The summed E-state index contributed by atoms with van der Waals surface area (Å²) >= 11 is 2.10. The quantitative estimate of drug-likeness (QED) is 0.183. The number of carbonyl (C=O) groups is 2. The first-order valence-corrected chi connectivity index (χ1v) is 15.3. The summed E-state index contributed by atoms with van der Waals surface area (Å²) in [6.45, 7) is 4.25. The molecule has 5 rings (SSSR count). The molecule has 0 unspecified atom stereocenters. The van der Waals surface area contributed by atoms with Crippen LogP contribution in [0.5, 0.6) is 11.5 Å². The Morgan fingerprint density at radius 3 is 2.55 bits per heavy atom. The number of aromatic hydroxyl groups is 1. The van der Waals surface area contributed by atoms with Crippen LogP contribution in [0.1, 0.15) is 78.7 Å². The summed E-state index contributed by atoms with van der Waals surface area (Å²) in [5.41, 5.74) is 5.59. The summed E-state index contributed by atoms with van der Waals surface area (Å²) in [6, 6.07) is 10.9. The van der Waals surface area contributed by atoms with E-state index in [1.54, 1.807) is 19.2 Å². The van der Waals surface area contributed by atoms with E-state index < -0.39 is 13.0 Å². The number of benzene rings is 2. The molecule has 8 heteroatoms. The number of carbonyl (C=O) groups excluding carboxylic acids is 2. The number of rotatable bonds is 8. The number of phenolic OH excluding ortho intramolecular Hbond substituents is 1. The average Bonchev–Trinajstić information content (AvgIpc) is 2.95. The van der Waals surface area contributed by atoms with Crippen LogP contribution in [-0.4, -0.2) is 42.0 Å². The highest BCUT2D eigenvalue weighted by molar-refractivity contribution is 14.1. The molecule has 0 aromatic heterocycles. The van der Waals surface area contributed by atoms with Gasteiger partial charge in [-0.3, -0.25) is 9.59 Å². The summed E-state index contributed by atoms with van der Waals surface area (Å²) in [5, 5.41) is 21.1. The molecule has 1 aliphatic heterocycles. The minimum absolute atomic E-state index is 0.0242. The third kappa shape index (κ3) is 5.42. The van der Waals surface area contributed by atoms with Crippen LogP contribution in [-0.2, 0) is 4.65 Å². The van der Waals surface area contributed by atoms with Crippen LogP contribution >= 0.6 is 22.6 Å². The minimum Gasteiger partial charge on any atom is -0.504 e. The monoisotopic (exact) mass is 654 g/mol. The lowest BCUT2D eigenvalue weighted by molar-refractivity contribution is 0.0598. The Morgan fingerprint density at radius 2 is 1.88 bits per heavy atom. The van der Waals surface area contributed by atoms with E-state index in [4.69, 9.17) is 9.39 Å². The van der Waals surface area contributed by atoms with E-state index in [0.29, 0.717) is 36.0 Å². The largest absolute Gasteiger partial charge is 0.504 e. The number of phenols is 1. The Labute approximate surface area is 250 Å². The highest BCUT2D eigenvalue weighted by atomic mass is 127. The van der Waals surface area contributed by atoms with Gasteiger partial charge in [-0.15, -0.1) is 0 Å². The van der Waals surface area contributed by atoms with E-state index >= 15 is 0 Å². The maximum Gasteiger partial charge on any atom is 0.455 e. The number of hydrogen-bond acceptors (Lipinski definition) is 6. The van der Waals surface area contributed by atoms with Crippen molar-refractivity contribution in [3.63, 3.8) is 0 Å². The van der Waals surface area contributed by atoms with Crippen molar-refractivity contribution < 1.29 is 29.1 Å². The second-order valence-corrected chi connectivity index (χ2v) is 12.3. The van der Waals surface area contributed by atoms with E-state index in [9.17, 15) is 19.7 Å². The predicted molar refractivity (Wildman–Crippen MR) is 165 cm³/mol. The molecule has 0 amide bonds. The summed E-state index contributed by atoms with van der Waals surface area (Å²) in [4.78, 5) is 27.4. The van der Waals surface area contributed by atoms with Crippen molar-refractivity contribution in [1.82, 2.24) is 0 Å². The molecular weight excluding hydrogens is 618 g/mol. The van der Waals surface area contributed by atoms with Crippen molar-refractivity contribution >= 4 is 47.4 Å². The molecule has 1 fully saturated rings. The van der Waals surface area contributed by atoms with E-state index in [0.717, 1.165) is 40.4 Å². The topological polar surface area (TPSA) is 93.1 Å². The third-order valence-electron chi connectivity index (χ3n) is 8.74. The first-order valence-electron chi connectivity index (χ1n) is 14.3. The first-order chi connectivity index (χ1) is 19.3. The van der Waals surface area contributed by atoms with Gasteiger partial charge in [0.05, 0.1) is 16.8 Å². The molecule has 6 nitrogen and oxygen atoms in total. The highest BCUT2D eigenvalue weighted by Gasteiger charge is 2.53. The second-order valence-electron chi connectivity index (χ2n) is 11.1. The molecule has 1 heterocycles. The van der Waals surface area contributed by atoms with Gasteiger partial charge in [0, 0.05) is 23.0 Å². The highest BCUT2D eigenvalue weighted by Crippen LogP contribution is 2.51. The van der Waals surface area contributed by atoms with Gasteiger partial charge in [-0.25, -0.2) is 0 Å². The zero-order valence-corrected chi connectivity index (χ0v) is 25.4. The lowest BCUT2D eigenvalue weighted by Crippen LogP contribution is -2.50. The average molecular weight is 654 g/mol. The van der Waals surface area contributed by atoms with Gasteiger partial charge in [-0.05, 0) is 90.2 Å². The normalized spacial score (nSPS) is 24.5. The number of ketones is 2. The van der Waals surface area contributed by atoms with Gasteiger partial charge in [0.25, 0.3) is 0 Å². The van der Waals surface area contributed by atoms with E-state index in [1.807, 2.05) is 24.3 Å². The molecule has 2 aliphatic carbocycles. The maximum atomic E-state index is 13.8. The summed E-state index contributed by atoms with van der Waals surface area (Å²) in [5.74, 6) is -0.367. The van der Waals surface area contributed by atoms with Crippen molar-refractivity contribution in [2.45, 2.75) is 64.8 Å². The van der Waals surface area contributed by atoms with E-state index in [-0.39, 0.29) is 35.3 Å². The van der Waals surface area contributed by atoms with Crippen molar-refractivity contribution in [3.8, 4) is 11.5 Å². The lowest BCUT2D eigenvalue weighted by atomic mass is 9.54. The van der Waals surface area contributed by atoms with Crippen molar-refractivity contribution in [3.05, 3.63) is 73.4 Å². The van der Waals surface area contributed by atoms with Crippen LogP contribution in [0.25, 0.3) is 6.08 Å². The SMILES string of the molecule is CCCC1=C2[C@@H](CC/C(=C/c3cc(I)c(O)c(OC)c3)CC)OB(O)C[C@@H]2[C@@H]2C(=O)c3ccccc3C(=O)[C@@H]2C1. The van der Waals surface area contributed by atoms with Crippen molar-refractivity contribution in [2.75, 3.05) is 7.11 Å². The van der Waals surface area contributed by atoms with Gasteiger partial charge >= 0.3 is 7.12 Å². The Kier molecular flexibility index (Phi) is 8.88.